The maximum Gasteiger partial charge on any atom is 0.270 e. The van der Waals surface area contributed by atoms with Crippen molar-refractivity contribution in [3.8, 4) is 5.75 Å². The molecule has 1 unspecified atom stereocenters. The fraction of sp³-hybridized carbons (Fsp3) is 0.222. The van der Waals surface area contributed by atoms with Crippen molar-refractivity contribution in [2.24, 2.45) is 0 Å². The van der Waals surface area contributed by atoms with E-state index in [-0.39, 0.29) is 5.91 Å². The lowest BCUT2D eigenvalue weighted by atomic mass is 9.98. The Morgan fingerprint density at radius 1 is 0.968 bits per heavy atom. The molecule has 4 aromatic rings. The molecule has 31 heavy (non-hydrogen) atoms. The number of likely N-dealkylation sites (tertiary alicyclic amines) is 1. The van der Waals surface area contributed by atoms with Crippen molar-refractivity contribution in [2.75, 3.05) is 20.2 Å². The summed E-state index contributed by atoms with van der Waals surface area (Å²) in [6.07, 6.45) is 0.983. The van der Waals surface area contributed by atoms with Gasteiger partial charge in [-0.05, 0) is 41.8 Å². The van der Waals surface area contributed by atoms with Crippen LogP contribution >= 0.6 is 0 Å². The molecule has 1 aromatic heterocycles. The smallest absolute Gasteiger partial charge is 0.270 e. The Kier molecular flexibility index (Phi) is 5.21. The third-order valence-corrected chi connectivity index (χ3v) is 6.28. The van der Waals surface area contributed by atoms with E-state index in [1.54, 1.807) is 7.11 Å². The van der Waals surface area contributed by atoms with Gasteiger partial charge in [0, 0.05) is 36.5 Å². The van der Waals surface area contributed by atoms with Gasteiger partial charge in [-0.25, -0.2) is 0 Å². The quantitative estimate of drug-likeness (QED) is 0.446. The standard InChI is InChI=1S/C27H26N2O2/c1-31-24-13-11-21(12-14-24)23-15-16-28(19-23)27(30)26-17-22-9-5-6-10-25(22)29(26)18-20-7-3-2-4-8-20/h2-14,17,23H,15-16,18-19H2,1H3. The molecule has 1 aliphatic rings. The zero-order valence-electron chi connectivity index (χ0n) is 17.7. The summed E-state index contributed by atoms with van der Waals surface area (Å²) in [5, 5.41) is 1.10. The number of aromatic nitrogens is 1. The number of hydrogen-bond donors (Lipinski definition) is 0. The fourth-order valence-electron chi connectivity index (χ4n) is 4.58. The van der Waals surface area contributed by atoms with Crippen LogP contribution in [0.2, 0.25) is 0 Å². The molecule has 0 saturated carbocycles. The van der Waals surface area contributed by atoms with E-state index in [9.17, 15) is 4.79 Å². The van der Waals surface area contributed by atoms with Gasteiger partial charge >= 0.3 is 0 Å². The minimum Gasteiger partial charge on any atom is -0.497 e. The molecule has 1 atom stereocenters. The van der Waals surface area contributed by atoms with Crippen molar-refractivity contribution in [3.05, 3.63) is 102 Å². The molecular weight excluding hydrogens is 384 g/mol. The Hall–Kier alpha value is -3.53. The number of nitrogens with zero attached hydrogens (tertiary/aromatic N) is 2. The van der Waals surface area contributed by atoms with Gasteiger partial charge in [0.25, 0.3) is 5.91 Å². The highest BCUT2D eigenvalue weighted by atomic mass is 16.5. The molecule has 1 fully saturated rings. The van der Waals surface area contributed by atoms with Crippen LogP contribution in [-0.4, -0.2) is 35.6 Å². The maximum absolute atomic E-state index is 13.6. The van der Waals surface area contributed by atoms with Crippen LogP contribution in [0.4, 0.5) is 0 Å². The van der Waals surface area contributed by atoms with Gasteiger partial charge in [-0.3, -0.25) is 4.79 Å². The number of ether oxygens (including phenoxy) is 1. The van der Waals surface area contributed by atoms with E-state index in [1.165, 1.54) is 11.1 Å². The number of carbonyl (C=O) groups is 1. The fourth-order valence-corrected chi connectivity index (χ4v) is 4.58. The van der Waals surface area contributed by atoms with Crippen molar-refractivity contribution in [3.63, 3.8) is 0 Å². The molecule has 5 rings (SSSR count). The molecule has 156 valence electrons. The van der Waals surface area contributed by atoms with Crippen LogP contribution in [0.5, 0.6) is 5.75 Å². The zero-order chi connectivity index (χ0) is 21.2. The molecule has 1 saturated heterocycles. The van der Waals surface area contributed by atoms with Crippen LogP contribution in [0, 0.1) is 0 Å². The topological polar surface area (TPSA) is 34.5 Å². The van der Waals surface area contributed by atoms with Crippen LogP contribution in [0.1, 0.15) is 34.0 Å². The van der Waals surface area contributed by atoms with E-state index in [2.05, 4.69) is 41.0 Å². The highest BCUT2D eigenvalue weighted by Crippen LogP contribution is 2.30. The Balaban J connectivity index is 1.42. The second-order valence-electron chi connectivity index (χ2n) is 8.17. The van der Waals surface area contributed by atoms with Crippen molar-refractivity contribution in [2.45, 2.75) is 18.9 Å². The number of benzene rings is 3. The molecule has 3 aromatic carbocycles. The summed E-state index contributed by atoms with van der Waals surface area (Å²) in [4.78, 5) is 15.6. The molecule has 2 heterocycles. The number of para-hydroxylation sites is 1. The third-order valence-electron chi connectivity index (χ3n) is 6.28. The molecular formula is C27H26N2O2. The summed E-state index contributed by atoms with van der Waals surface area (Å²) in [6, 6.07) is 28.8. The van der Waals surface area contributed by atoms with Crippen molar-refractivity contribution in [1.82, 2.24) is 9.47 Å². The Morgan fingerprint density at radius 3 is 2.48 bits per heavy atom. The molecule has 4 nitrogen and oxygen atoms in total. The van der Waals surface area contributed by atoms with Gasteiger partial charge in [0.1, 0.15) is 11.4 Å². The minimum atomic E-state index is 0.114. The lowest BCUT2D eigenvalue weighted by Crippen LogP contribution is -2.30. The first kappa shape index (κ1) is 19.4. The highest BCUT2D eigenvalue weighted by molar-refractivity contribution is 5.99. The van der Waals surface area contributed by atoms with Crippen LogP contribution in [0.3, 0.4) is 0 Å². The predicted octanol–water partition coefficient (Wildman–Crippen LogP) is 5.33. The average molecular weight is 411 g/mol. The summed E-state index contributed by atoms with van der Waals surface area (Å²) in [5.74, 6) is 1.34. The maximum atomic E-state index is 13.6. The lowest BCUT2D eigenvalue weighted by Gasteiger charge is -2.19. The molecule has 0 spiro atoms. The van der Waals surface area contributed by atoms with E-state index in [0.29, 0.717) is 12.5 Å². The van der Waals surface area contributed by atoms with Crippen LogP contribution < -0.4 is 4.74 Å². The lowest BCUT2D eigenvalue weighted by molar-refractivity contribution is 0.0781. The minimum absolute atomic E-state index is 0.114. The Labute approximate surface area is 182 Å². The first-order chi connectivity index (χ1) is 15.2. The molecule has 0 N–H and O–H groups in total. The van der Waals surface area contributed by atoms with Crippen LogP contribution in [0.25, 0.3) is 10.9 Å². The monoisotopic (exact) mass is 410 g/mol. The van der Waals surface area contributed by atoms with Crippen molar-refractivity contribution < 1.29 is 9.53 Å². The molecule has 4 heteroatoms. The highest BCUT2D eigenvalue weighted by Gasteiger charge is 2.30. The molecule has 0 bridgehead atoms. The number of fused-ring (bicyclic) bond motifs is 1. The number of carbonyl (C=O) groups excluding carboxylic acids is 1. The number of amides is 1. The Morgan fingerprint density at radius 2 is 1.71 bits per heavy atom. The molecule has 1 amide bonds. The molecule has 1 aliphatic heterocycles. The zero-order valence-corrected chi connectivity index (χ0v) is 17.7. The first-order valence-corrected chi connectivity index (χ1v) is 10.8. The number of hydrogen-bond acceptors (Lipinski definition) is 2. The summed E-state index contributed by atoms with van der Waals surface area (Å²) in [5.41, 5.74) is 4.32. The average Bonchev–Trinajstić information content (AvgIpc) is 3.45. The first-order valence-electron chi connectivity index (χ1n) is 10.8. The largest absolute Gasteiger partial charge is 0.497 e. The van der Waals surface area contributed by atoms with E-state index < -0.39 is 0 Å². The molecule has 0 aliphatic carbocycles. The predicted molar refractivity (Wildman–Crippen MR) is 124 cm³/mol. The van der Waals surface area contributed by atoms with E-state index in [0.717, 1.165) is 41.9 Å². The SMILES string of the molecule is COc1ccc(C2CCN(C(=O)c3cc4ccccc4n3Cc3ccccc3)C2)cc1. The van der Waals surface area contributed by atoms with Crippen molar-refractivity contribution in [1.29, 1.82) is 0 Å². The van der Waals surface area contributed by atoms with E-state index >= 15 is 0 Å². The number of rotatable bonds is 5. The van der Waals surface area contributed by atoms with Gasteiger partial charge in [-0.2, -0.15) is 0 Å². The summed E-state index contributed by atoms with van der Waals surface area (Å²) in [6.45, 7) is 2.21. The number of methoxy groups -OCH3 is 1. The second kappa shape index (κ2) is 8.31. The third kappa shape index (κ3) is 3.81. The van der Waals surface area contributed by atoms with E-state index in [1.807, 2.05) is 53.4 Å². The Bertz CT molecular complexity index is 1200. The van der Waals surface area contributed by atoms with Gasteiger partial charge in [0.15, 0.2) is 0 Å². The second-order valence-corrected chi connectivity index (χ2v) is 8.17. The summed E-state index contributed by atoms with van der Waals surface area (Å²) < 4.78 is 7.43. The van der Waals surface area contributed by atoms with Gasteiger partial charge in [-0.15, -0.1) is 0 Å². The van der Waals surface area contributed by atoms with Crippen molar-refractivity contribution >= 4 is 16.8 Å². The van der Waals surface area contributed by atoms with Crippen LogP contribution in [-0.2, 0) is 6.54 Å². The summed E-state index contributed by atoms with van der Waals surface area (Å²) >= 11 is 0. The summed E-state index contributed by atoms with van der Waals surface area (Å²) in [7, 11) is 1.68. The van der Waals surface area contributed by atoms with Gasteiger partial charge in [0.05, 0.1) is 7.11 Å². The molecule has 0 radical (unpaired) electrons. The normalized spacial score (nSPS) is 16.0. The van der Waals surface area contributed by atoms with Gasteiger partial charge in [0.2, 0.25) is 0 Å². The van der Waals surface area contributed by atoms with Gasteiger partial charge in [-0.1, -0.05) is 60.7 Å². The van der Waals surface area contributed by atoms with Crippen LogP contribution in [0.15, 0.2) is 84.9 Å². The van der Waals surface area contributed by atoms with Gasteiger partial charge < -0.3 is 14.2 Å². The van der Waals surface area contributed by atoms with E-state index in [4.69, 9.17) is 4.74 Å².